The van der Waals surface area contributed by atoms with Crippen LogP contribution in [0.2, 0.25) is 0 Å². The maximum absolute atomic E-state index is 9.58. The standard InChI is InChI=1S/C11H22N2O3P/c1-4-7-8-13-10-9-12(5-2)11(13)16-17(14)15-6-3/h9-10,14H,4-8H2,1-3H3/q+1. The van der Waals surface area contributed by atoms with Crippen LogP contribution in [-0.4, -0.2) is 16.1 Å². The molecule has 0 fully saturated rings. The zero-order valence-corrected chi connectivity index (χ0v) is 11.7. The van der Waals surface area contributed by atoms with Gasteiger partial charge in [-0.25, -0.2) is 0 Å². The minimum absolute atomic E-state index is 0.448. The van der Waals surface area contributed by atoms with Crippen LogP contribution in [0.5, 0.6) is 6.01 Å². The van der Waals surface area contributed by atoms with E-state index in [9.17, 15) is 4.89 Å². The molecule has 0 spiro atoms. The third kappa shape index (κ3) is 4.26. The lowest BCUT2D eigenvalue weighted by atomic mass is 10.3. The average Bonchev–Trinajstić information content (AvgIpc) is 2.69. The summed E-state index contributed by atoms with van der Waals surface area (Å²) in [6, 6.07) is 0.669. The van der Waals surface area contributed by atoms with E-state index in [0.29, 0.717) is 12.6 Å². The first-order valence-electron chi connectivity index (χ1n) is 6.11. The molecule has 0 saturated carbocycles. The van der Waals surface area contributed by atoms with Gasteiger partial charge in [0.2, 0.25) is 0 Å². The van der Waals surface area contributed by atoms with Gasteiger partial charge in [-0.05, 0) is 20.3 Å². The fraction of sp³-hybridized carbons (Fsp3) is 0.727. The van der Waals surface area contributed by atoms with Gasteiger partial charge in [-0.3, -0.25) is 0 Å². The predicted octanol–water partition coefficient (Wildman–Crippen LogP) is 2.23. The normalized spacial score (nSPS) is 12.7. The van der Waals surface area contributed by atoms with E-state index in [-0.39, 0.29) is 0 Å². The van der Waals surface area contributed by atoms with Crippen molar-refractivity contribution in [1.82, 2.24) is 4.57 Å². The van der Waals surface area contributed by atoms with Crippen LogP contribution in [0.25, 0.3) is 0 Å². The van der Waals surface area contributed by atoms with Crippen molar-refractivity contribution >= 4 is 8.60 Å². The number of hydrogen-bond acceptors (Lipinski definition) is 3. The van der Waals surface area contributed by atoms with Crippen LogP contribution in [0.3, 0.4) is 0 Å². The smallest absolute Gasteiger partial charge is 0.358 e. The third-order valence-corrected chi connectivity index (χ3v) is 3.21. The van der Waals surface area contributed by atoms with Crippen molar-refractivity contribution in [3.8, 4) is 6.01 Å². The highest BCUT2D eigenvalue weighted by atomic mass is 31.2. The average molecular weight is 261 g/mol. The summed E-state index contributed by atoms with van der Waals surface area (Å²) in [6.45, 7) is 8.18. The summed E-state index contributed by atoms with van der Waals surface area (Å²) in [5.74, 6) is 0. The molecule has 0 amide bonds. The van der Waals surface area contributed by atoms with Gasteiger partial charge in [0, 0.05) is 0 Å². The molecule has 1 atom stereocenters. The van der Waals surface area contributed by atoms with Crippen LogP contribution in [0.1, 0.15) is 33.6 Å². The molecule has 1 heterocycles. The first-order chi connectivity index (χ1) is 8.22. The zero-order chi connectivity index (χ0) is 12.7. The van der Waals surface area contributed by atoms with E-state index in [1.165, 1.54) is 0 Å². The Morgan fingerprint density at radius 2 is 2.18 bits per heavy atom. The topological polar surface area (TPSA) is 47.5 Å². The molecule has 0 aliphatic carbocycles. The highest BCUT2D eigenvalue weighted by molar-refractivity contribution is 7.41. The molecule has 5 nitrogen and oxygen atoms in total. The molecule has 1 rings (SSSR count). The molecule has 6 heteroatoms. The van der Waals surface area contributed by atoms with Gasteiger partial charge in [0.1, 0.15) is 12.4 Å². The molecule has 1 N–H and O–H groups in total. The van der Waals surface area contributed by atoms with Crippen LogP contribution < -0.4 is 9.09 Å². The Morgan fingerprint density at radius 1 is 1.41 bits per heavy atom. The molecule has 0 aromatic carbocycles. The van der Waals surface area contributed by atoms with E-state index < -0.39 is 8.60 Å². The minimum Gasteiger partial charge on any atom is -0.358 e. The van der Waals surface area contributed by atoms with Crippen LogP contribution in [0.15, 0.2) is 12.4 Å². The Balaban J connectivity index is 2.74. The van der Waals surface area contributed by atoms with Crippen LogP contribution in [0, 0.1) is 0 Å². The minimum atomic E-state index is -1.83. The Labute approximate surface area is 104 Å². The Kier molecular flexibility index (Phi) is 6.48. The highest BCUT2D eigenvalue weighted by Crippen LogP contribution is 2.33. The van der Waals surface area contributed by atoms with Crippen molar-refractivity contribution in [3.05, 3.63) is 12.4 Å². The molecule has 17 heavy (non-hydrogen) atoms. The first-order valence-corrected chi connectivity index (χ1v) is 7.24. The van der Waals surface area contributed by atoms with Gasteiger partial charge >= 0.3 is 14.6 Å². The number of hydrogen-bond donors (Lipinski definition) is 1. The monoisotopic (exact) mass is 261 g/mol. The number of imidazole rings is 1. The molecular formula is C11H22N2O3P+. The maximum Gasteiger partial charge on any atom is 0.462 e. The van der Waals surface area contributed by atoms with Gasteiger partial charge in [-0.1, -0.05) is 13.3 Å². The van der Waals surface area contributed by atoms with Crippen molar-refractivity contribution < 1.29 is 18.5 Å². The van der Waals surface area contributed by atoms with Crippen LogP contribution >= 0.6 is 8.60 Å². The van der Waals surface area contributed by atoms with Crippen molar-refractivity contribution in [2.45, 2.75) is 46.7 Å². The Morgan fingerprint density at radius 3 is 2.76 bits per heavy atom. The van der Waals surface area contributed by atoms with Gasteiger partial charge in [0.05, 0.1) is 19.7 Å². The molecule has 98 valence electrons. The molecule has 0 bridgehead atoms. The number of unbranched alkanes of at least 4 members (excludes halogenated alkanes) is 1. The summed E-state index contributed by atoms with van der Waals surface area (Å²) in [7, 11) is -1.83. The van der Waals surface area contributed by atoms with Crippen LogP contribution in [-0.2, 0) is 17.6 Å². The van der Waals surface area contributed by atoms with Crippen molar-refractivity contribution in [2.24, 2.45) is 0 Å². The maximum atomic E-state index is 9.58. The number of aryl methyl sites for hydroxylation is 2. The molecule has 1 aromatic rings. The van der Waals surface area contributed by atoms with Gasteiger partial charge < -0.3 is 13.9 Å². The SMILES string of the molecule is CCCC[n+]1ccn(CC)c1OP(O)OCC. The predicted molar refractivity (Wildman–Crippen MR) is 66.6 cm³/mol. The lowest BCUT2D eigenvalue weighted by Gasteiger charge is -2.09. The second-order valence-electron chi connectivity index (χ2n) is 3.66. The second kappa shape index (κ2) is 7.64. The summed E-state index contributed by atoms with van der Waals surface area (Å²) >= 11 is 0. The van der Waals surface area contributed by atoms with Crippen molar-refractivity contribution in [3.63, 3.8) is 0 Å². The summed E-state index contributed by atoms with van der Waals surface area (Å²) < 4.78 is 14.5. The fourth-order valence-electron chi connectivity index (χ4n) is 1.50. The van der Waals surface area contributed by atoms with E-state index in [1.54, 1.807) is 0 Å². The quantitative estimate of drug-likeness (QED) is 0.576. The molecule has 0 radical (unpaired) electrons. The van der Waals surface area contributed by atoms with E-state index in [4.69, 9.17) is 9.05 Å². The van der Waals surface area contributed by atoms with Crippen molar-refractivity contribution in [1.29, 1.82) is 0 Å². The first kappa shape index (κ1) is 14.4. The lowest BCUT2D eigenvalue weighted by Crippen LogP contribution is -2.33. The van der Waals surface area contributed by atoms with Crippen LogP contribution in [0.4, 0.5) is 0 Å². The number of nitrogens with zero attached hydrogens (tertiary/aromatic N) is 2. The molecule has 1 aromatic heterocycles. The second-order valence-corrected chi connectivity index (χ2v) is 4.58. The molecule has 1 unspecified atom stereocenters. The Hall–Kier alpha value is -0.640. The van der Waals surface area contributed by atoms with Crippen molar-refractivity contribution in [2.75, 3.05) is 6.61 Å². The number of rotatable bonds is 8. The van der Waals surface area contributed by atoms with E-state index >= 15 is 0 Å². The number of aromatic nitrogens is 2. The zero-order valence-electron chi connectivity index (χ0n) is 10.8. The summed E-state index contributed by atoms with van der Waals surface area (Å²) in [6.07, 6.45) is 6.15. The summed E-state index contributed by atoms with van der Waals surface area (Å²) in [4.78, 5) is 9.58. The molecular weight excluding hydrogens is 239 g/mol. The molecule has 0 aliphatic rings. The Bertz CT molecular complexity index is 331. The van der Waals surface area contributed by atoms with Gasteiger partial charge in [-0.2, -0.15) is 9.13 Å². The lowest BCUT2D eigenvalue weighted by molar-refractivity contribution is -0.699. The van der Waals surface area contributed by atoms with Gasteiger partial charge in [-0.15, -0.1) is 0 Å². The van der Waals surface area contributed by atoms with E-state index in [0.717, 1.165) is 25.9 Å². The summed E-state index contributed by atoms with van der Waals surface area (Å²) in [5.41, 5.74) is 0. The van der Waals surface area contributed by atoms with Gasteiger partial charge in [0.15, 0.2) is 0 Å². The summed E-state index contributed by atoms with van der Waals surface area (Å²) in [5, 5.41) is 0. The van der Waals surface area contributed by atoms with E-state index in [2.05, 4.69) is 6.92 Å². The molecule has 0 saturated heterocycles. The largest absolute Gasteiger partial charge is 0.462 e. The van der Waals surface area contributed by atoms with Gasteiger partial charge in [0.25, 0.3) is 0 Å². The fourth-order valence-corrected chi connectivity index (χ4v) is 2.13. The van der Waals surface area contributed by atoms with E-state index in [1.807, 2.05) is 35.4 Å². The molecule has 0 aliphatic heterocycles. The highest BCUT2D eigenvalue weighted by Gasteiger charge is 2.22. The third-order valence-electron chi connectivity index (χ3n) is 2.41.